The minimum Gasteiger partial charge on any atom is -0.282 e. The van der Waals surface area contributed by atoms with Crippen LogP contribution in [0.2, 0.25) is 0 Å². The summed E-state index contributed by atoms with van der Waals surface area (Å²) in [6, 6.07) is 0. The Bertz CT molecular complexity index is 261. The summed E-state index contributed by atoms with van der Waals surface area (Å²) in [5.74, 6) is 3.29. The normalized spacial score (nSPS) is 21.4. The largest absolute Gasteiger partial charge is 0.282 e. The van der Waals surface area contributed by atoms with Crippen LogP contribution in [0.1, 0.15) is 20.3 Å². The molecule has 0 amide bonds. The minimum absolute atomic E-state index is 0.140. The predicted octanol–water partition coefficient (Wildman–Crippen LogP) is 4.14. The number of carbonyl (C=O) groups is 1. The highest BCUT2D eigenvalue weighted by molar-refractivity contribution is 8.19. The van der Waals surface area contributed by atoms with Gasteiger partial charge in [-0.3, -0.25) is 4.79 Å². The monoisotopic (exact) mass is 308 g/mol. The molecule has 0 bridgehead atoms. The molecule has 0 aromatic carbocycles. The Kier molecular flexibility index (Phi) is 8.24. The topological polar surface area (TPSA) is 17.1 Å². The molecule has 1 aliphatic heterocycles. The van der Waals surface area contributed by atoms with Crippen LogP contribution in [0, 0.1) is 0 Å². The van der Waals surface area contributed by atoms with Crippen LogP contribution in [0.5, 0.6) is 0 Å². The van der Waals surface area contributed by atoms with Crippen molar-refractivity contribution in [1.82, 2.24) is 0 Å². The fraction of sp³-hybridized carbons (Fsp3) is 0.750. The third-order valence-corrected chi connectivity index (χ3v) is 7.72. The van der Waals surface area contributed by atoms with Gasteiger partial charge in [0.15, 0.2) is 0 Å². The molecule has 17 heavy (non-hydrogen) atoms. The number of rotatable bonds is 7. The van der Waals surface area contributed by atoms with E-state index in [2.05, 4.69) is 37.0 Å². The van der Waals surface area contributed by atoms with Crippen molar-refractivity contribution in [3.8, 4) is 0 Å². The van der Waals surface area contributed by atoms with E-state index in [1.807, 2.05) is 11.8 Å². The Labute approximate surface area is 122 Å². The molecule has 5 heteroatoms. The van der Waals surface area contributed by atoms with E-state index >= 15 is 0 Å². The third kappa shape index (κ3) is 7.09. The molecule has 98 valence electrons. The van der Waals surface area contributed by atoms with Gasteiger partial charge in [-0.25, -0.2) is 0 Å². The molecule has 0 radical (unpaired) electrons. The van der Waals surface area contributed by atoms with Gasteiger partial charge in [0.1, 0.15) is 0 Å². The molecule has 1 saturated heterocycles. The number of hydrogen-bond acceptors (Lipinski definition) is 5. The smallest absolute Gasteiger partial charge is 0.214 e. The van der Waals surface area contributed by atoms with Crippen molar-refractivity contribution in [2.45, 2.75) is 30.8 Å². The molecule has 1 aliphatic rings. The highest BCUT2D eigenvalue weighted by Crippen LogP contribution is 2.34. The van der Waals surface area contributed by atoms with Crippen molar-refractivity contribution in [3.05, 3.63) is 12.2 Å². The summed E-state index contributed by atoms with van der Waals surface area (Å²) in [6.45, 7) is 7.74. The maximum absolute atomic E-state index is 11.3. The SMILES string of the molecule is C=C(C)C(=O)SCCSC(C)CC1CSCS1. The fourth-order valence-electron chi connectivity index (χ4n) is 1.45. The van der Waals surface area contributed by atoms with Crippen LogP contribution in [-0.4, -0.2) is 38.0 Å². The molecule has 0 aromatic heterocycles. The molecule has 1 rings (SSSR count). The van der Waals surface area contributed by atoms with E-state index in [1.54, 1.807) is 6.92 Å². The Morgan fingerprint density at radius 2 is 2.29 bits per heavy atom. The van der Waals surface area contributed by atoms with Crippen LogP contribution in [0.15, 0.2) is 12.2 Å². The molecular weight excluding hydrogens is 288 g/mol. The highest BCUT2D eigenvalue weighted by atomic mass is 32.2. The van der Waals surface area contributed by atoms with E-state index in [-0.39, 0.29) is 5.12 Å². The van der Waals surface area contributed by atoms with E-state index < -0.39 is 0 Å². The zero-order valence-corrected chi connectivity index (χ0v) is 13.7. The zero-order chi connectivity index (χ0) is 12.7. The molecule has 1 nitrogen and oxygen atoms in total. The van der Waals surface area contributed by atoms with Crippen LogP contribution in [0.3, 0.4) is 0 Å². The molecule has 1 heterocycles. The van der Waals surface area contributed by atoms with Gasteiger partial charge >= 0.3 is 0 Å². The van der Waals surface area contributed by atoms with Gasteiger partial charge in [-0.2, -0.15) is 11.8 Å². The summed E-state index contributed by atoms with van der Waals surface area (Å²) in [7, 11) is 0. The van der Waals surface area contributed by atoms with E-state index in [0.29, 0.717) is 10.8 Å². The first-order valence-electron chi connectivity index (χ1n) is 5.73. The lowest BCUT2D eigenvalue weighted by Gasteiger charge is -2.14. The third-order valence-electron chi connectivity index (χ3n) is 2.35. The number of thioether (sulfide) groups is 4. The Morgan fingerprint density at radius 1 is 1.53 bits per heavy atom. The molecule has 0 spiro atoms. The summed E-state index contributed by atoms with van der Waals surface area (Å²) in [5, 5.41) is 2.98. The van der Waals surface area contributed by atoms with Crippen molar-refractivity contribution in [2.24, 2.45) is 0 Å². The van der Waals surface area contributed by atoms with Gasteiger partial charge in [0, 0.05) is 32.8 Å². The van der Waals surface area contributed by atoms with Crippen LogP contribution < -0.4 is 0 Å². The Hall–Kier alpha value is 0.810. The second-order valence-corrected chi connectivity index (χ2v) is 9.41. The van der Waals surface area contributed by atoms with Gasteiger partial charge < -0.3 is 0 Å². The molecule has 0 N–H and O–H groups in total. The lowest BCUT2D eigenvalue weighted by atomic mass is 10.3. The van der Waals surface area contributed by atoms with Crippen molar-refractivity contribution in [1.29, 1.82) is 0 Å². The number of hydrogen-bond donors (Lipinski definition) is 0. The lowest BCUT2D eigenvalue weighted by Crippen LogP contribution is -2.10. The molecular formula is C12H20OS4. The van der Waals surface area contributed by atoms with Crippen molar-refractivity contribution in [3.63, 3.8) is 0 Å². The maximum Gasteiger partial charge on any atom is 0.214 e. The standard InChI is InChI=1S/C12H20OS4/c1-9(2)12(13)16-5-4-15-10(3)6-11-7-14-8-17-11/h10-11H,1,4-8H2,2-3H3. The molecule has 1 fully saturated rings. The fourth-order valence-corrected chi connectivity index (χ4v) is 6.53. The van der Waals surface area contributed by atoms with Gasteiger partial charge in [0.05, 0.1) is 0 Å². The van der Waals surface area contributed by atoms with Crippen LogP contribution >= 0.6 is 47.0 Å². The second kappa shape index (κ2) is 8.83. The average molecular weight is 309 g/mol. The van der Waals surface area contributed by atoms with Gasteiger partial charge in [0.2, 0.25) is 5.12 Å². The summed E-state index contributed by atoms with van der Waals surface area (Å²) in [5.41, 5.74) is 0.660. The first-order chi connectivity index (χ1) is 8.09. The second-order valence-electron chi connectivity index (χ2n) is 4.11. The number of carbonyl (C=O) groups excluding carboxylic acids is 1. The Morgan fingerprint density at radius 3 is 2.88 bits per heavy atom. The van der Waals surface area contributed by atoms with Crippen molar-refractivity contribution >= 4 is 52.2 Å². The van der Waals surface area contributed by atoms with Crippen LogP contribution in [-0.2, 0) is 4.79 Å². The van der Waals surface area contributed by atoms with E-state index in [9.17, 15) is 4.79 Å². The summed E-state index contributed by atoms with van der Waals surface area (Å²) >= 11 is 7.54. The first-order valence-corrected chi connectivity index (χ1v) is 9.97. The first kappa shape index (κ1) is 15.9. The highest BCUT2D eigenvalue weighted by Gasteiger charge is 2.18. The predicted molar refractivity (Wildman–Crippen MR) is 87.5 cm³/mol. The molecule has 0 saturated carbocycles. The summed E-state index contributed by atoms with van der Waals surface area (Å²) in [4.78, 5) is 11.3. The zero-order valence-electron chi connectivity index (χ0n) is 10.4. The van der Waals surface area contributed by atoms with E-state index in [4.69, 9.17) is 0 Å². The van der Waals surface area contributed by atoms with Crippen molar-refractivity contribution < 1.29 is 4.79 Å². The van der Waals surface area contributed by atoms with Crippen molar-refractivity contribution in [2.75, 3.05) is 22.3 Å². The van der Waals surface area contributed by atoms with E-state index in [0.717, 1.165) is 16.8 Å². The molecule has 0 aliphatic carbocycles. The summed E-state index contributed by atoms with van der Waals surface area (Å²) < 4.78 is 0. The van der Waals surface area contributed by atoms with Gasteiger partial charge in [-0.1, -0.05) is 25.3 Å². The van der Waals surface area contributed by atoms with Gasteiger partial charge in [-0.15, -0.1) is 23.5 Å². The molecule has 2 unspecified atom stereocenters. The quantitative estimate of drug-likeness (QED) is 0.518. The maximum atomic E-state index is 11.3. The van der Waals surface area contributed by atoms with Crippen LogP contribution in [0.4, 0.5) is 0 Å². The average Bonchev–Trinajstić information content (AvgIpc) is 2.76. The molecule has 0 aromatic rings. The van der Waals surface area contributed by atoms with E-state index in [1.165, 1.54) is 29.0 Å². The van der Waals surface area contributed by atoms with Crippen LogP contribution in [0.25, 0.3) is 0 Å². The minimum atomic E-state index is 0.140. The Balaban J connectivity index is 2.01. The lowest BCUT2D eigenvalue weighted by molar-refractivity contribution is -0.107. The van der Waals surface area contributed by atoms with Gasteiger partial charge in [-0.05, 0) is 18.9 Å². The van der Waals surface area contributed by atoms with Gasteiger partial charge in [0.25, 0.3) is 0 Å². The summed E-state index contributed by atoms with van der Waals surface area (Å²) in [6.07, 6.45) is 1.31. The molecule has 2 atom stereocenters.